The zero-order chi connectivity index (χ0) is 73.4. The first-order chi connectivity index (χ1) is 48.6. The lowest BCUT2D eigenvalue weighted by atomic mass is 9.99. The van der Waals surface area contributed by atoms with E-state index in [0.29, 0.717) is 25.7 Å². The van der Waals surface area contributed by atoms with Gasteiger partial charge in [0, 0.05) is 25.7 Å². The molecule has 594 valence electrons. The number of esters is 4. The lowest BCUT2D eigenvalue weighted by Crippen LogP contribution is -2.30. The maximum absolute atomic E-state index is 13.1. The topological polar surface area (TPSA) is 237 Å². The van der Waals surface area contributed by atoms with Crippen LogP contribution in [0.25, 0.3) is 0 Å². The molecule has 0 radical (unpaired) electrons. The molecule has 0 aliphatic carbocycles. The number of aliphatic hydroxyl groups is 1. The Morgan fingerprint density at radius 1 is 0.280 bits per heavy atom. The van der Waals surface area contributed by atoms with Crippen LogP contribution in [0.15, 0.2) is 0 Å². The molecule has 19 heteroatoms. The van der Waals surface area contributed by atoms with E-state index in [-0.39, 0.29) is 25.7 Å². The van der Waals surface area contributed by atoms with E-state index in [4.69, 9.17) is 37.0 Å². The van der Waals surface area contributed by atoms with Crippen LogP contribution >= 0.6 is 15.6 Å². The number of ether oxygens (including phenoxy) is 4. The van der Waals surface area contributed by atoms with Crippen molar-refractivity contribution in [2.75, 3.05) is 39.6 Å². The van der Waals surface area contributed by atoms with Gasteiger partial charge in [0.05, 0.1) is 26.4 Å². The molecule has 0 amide bonds. The van der Waals surface area contributed by atoms with Gasteiger partial charge in [-0.3, -0.25) is 37.3 Å². The van der Waals surface area contributed by atoms with Crippen LogP contribution in [0.5, 0.6) is 0 Å². The normalized spacial score (nSPS) is 14.1. The predicted molar refractivity (Wildman–Crippen MR) is 409 cm³/mol. The summed E-state index contributed by atoms with van der Waals surface area (Å²) >= 11 is 0. The Hall–Kier alpha value is -1.94. The van der Waals surface area contributed by atoms with Crippen molar-refractivity contribution in [1.29, 1.82) is 0 Å². The van der Waals surface area contributed by atoms with Crippen LogP contribution in [-0.4, -0.2) is 96.7 Å². The molecule has 0 spiro atoms. The molecular weight excluding hydrogens is 1310 g/mol. The summed E-state index contributed by atoms with van der Waals surface area (Å²) in [6.07, 6.45) is 65.2. The van der Waals surface area contributed by atoms with E-state index < -0.39 is 97.5 Å². The van der Waals surface area contributed by atoms with Crippen molar-refractivity contribution < 1.29 is 80.2 Å². The molecule has 0 aromatic heterocycles. The van der Waals surface area contributed by atoms with Gasteiger partial charge >= 0.3 is 39.5 Å². The molecule has 0 fully saturated rings. The van der Waals surface area contributed by atoms with Crippen molar-refractivity contribution in [2.45, 2.75) is 451 Å². The van der Waals surface area contributed by atoms with Crippen molar-refractivity contribution in [3.8, 4) is 0 Å². The van der Waals surface area contributed by atoms with Crippen LogP contribution in [0.4, 0.5) is 0 Å². The maximum Gasteiger partial charge on any atom is 0.472 e. The van der Waals surface area contributed by atoms with Gasteiger partial charge in [0.2, 0.25) is 0 Å². The van der Waals surface area contributed by atoms with Gasteiger partial charge in [-0.25, -0.2) is 9.13 Å². The standard InChI is InChI=1S/C81H158O17P2/c1-6-10-13-16-19-22-25-27-29-31-33-34-36-38-40-42-45-51-56-61-66-80(85)97-76(70-92-79(84)65-60-55-50-44-41-39-37-35-32-30-28-26-23-20-17-14-11-7-2)72-95-99(87,88)93-68-75(82)69-94-100(89,90)96-73-77(71-91-78(83)64-59-54-49-43-24-21-18-15-12-8-3)98-81(86)67-62-57-52-47-46-48-53-58-63-74(5)9-4/h74-77,82H,6-73H2,1-5H3,(H,87,88)(H,89,90)/t74?,75-,76-,77-/m1/s1. The minimum absolute atomic E-state index is 0.106. The van der Waals surface area contributed by atoms with Crippen LogP contribution in [0, 0.1) is 5.92 Å². The molecule has 0 rings (SSSR count). The number of phosphoric acid groups is 2. The summed E-state index contributed by atoms with van der Waals surface area (Å²) in [5, 5.41) is 10.6. The molecular formula is C81H158O17P2. The van der Waals surface area contributed by atoms with Crippen LogP contribution in [0.3, 0.4) is 0 Å². The molecule has 0 heterocycles. The molecule has 17 nitrogen and oxygen atoms in total. The number of carbonyl (C=O) groups excluding carboxylic acids is 4. The first-order valence-electron chi connectivity index (χ1n) is 42.2. The second-order valence-corrected chi connectivity index (χ2v) is 32.3. The third-order valence-corrected chi connectivity index (χ3v) is 21.3. The number of phosphoric ester groups is 2. The number of carbonyl (C=O) groups is 4. The van der Waals surface area contributed by atoms with Crippen LogP contribution in [-0.2, 0) is 65.4 Å². The first kappa shape index (κ1) is 98.1. The van der Waals surface area contributed by atoms with Gasteiger partial charge in [-0.2, -0.15) is 0 Å². The van der Waals surface area contributed by atoms with Crippen molar-refractivity contribution in [3.63, 3.8) is 0 Å². The number of hydrogen-bond acceptors (Lipinski definition) is 15. The van der Waals surface area contributed by atoms with Crippen LogP contribution in [0.2, 0.25) is 0 Å². The average molecular weight is 1470 g/mol. The molecule has 100 heavy (non-hydrogen) atoms. The molecule has 6 atom stereocenters. The van der Waals surface area contributed by atoms with Crippen molar-refractivity contribution in [1.82, 2.24) is 0 Å². The predicted octanol–water partition coefficient (Wildman–Crippen LogP) is 24.4. The van der Waals surface area contributed by atoms with E-state index >= 15 is 0 Å². The Bertz CT molecular complexity index is 1910. The molecule has 3 N–H and O–H groups in total. The first-order valence-corrected chi connectivity index (χ1v) is 45.2. The molecule has 0 aromatic carbocycles. The van der Waals surface area contributed by atoms with Gasteiger partial charge < -0.3 is 33.8 Å². The molecule has 0 saturated heterocycles. The van der Waals surface area contributed by atoms with Crippen molar-refractivity contribution in [2.24, 2.45) is 5.92 Å². The lowest BCUT2D eigenvalue weighted by molar-refractivity contribution is -0.161. The highest BCUT2D eigenvalue weighted by atomic mass is 31.2. The number of rotatable bonds is 81. The summed E-state index contributed by atoms with van der Waals surface area (Å²) < 4.78 is 68.7. The molecule has 0 aliphatic heterocycles. The van der Waals surface area contributed by atoms with Gasteiger partial charge in [0.1, 0.15) is 19.3 Å². The number of unbranched alkanes of at least 4 members (excludes halogenated alkanes) is 52. The summed E-state index contributed by atoms with van der Waals surface area (Å²) in [7, 11) is -9.92. The summed E-state index contributed by atoms with van der Waals surface area (Å²) in [6, 6.07) is 0. The lowest BCUT2D eigenvalue weighted by Gasteiger charge is -2.21. The van der Waals surface area contributed by atoms with Crippen molar-refractivity contribution in [3.05, 3.63) is 0 Å². The van der Waals surface area contributed by atoms with E-state index in [0.717, 1.165) is 95.8 Å². The van der Waals surface area contributed by atoms with Crippen LogP contribution in [0.1, 0.15) is 433 Å². The summed E-state index contributed by atoms with van der Waals surface area (Å²) in [5.41, 5.74) is 0. The van der Waals surface area contributed by atoms with E-state index in [9.17, 15) is 43.2 Å². The Morgan fingerprint density at radius 2 is 0.480 bits per heavy atom. The summed E-state index contributed by atoms with van der Waals surface area (Å²) in [5.74, 6) is -1.34. The van der Waals surface area contributed by atoms with Crippen molar-refractivity contribution >= 4 is 39.5 Å². The third-order valence-electron chi connectivity index (χ3n) is 19.4. The van der Waals surface area contributed by atoms with Gasteiger partial charge in [0.25, 0.3) is 0 Å². The summed E-state index contributed by atoms with van der Waals surface area (Å²) in [4.78, 5) is 73.0. The van der Waals surface area contributed by atoms with Gasteiger partial charge in [-0.05, 0) is 31.6 Å². The SMILES string of the molecule is CCCCCCCCCCCCCCCCCCCCCCC(=O)O[C@H](COC(=O)CCCCCCCCCCCCCCCCCCCC)COP(=O)(O)OC[C@@H](O)COP(=O)(O)OC[C@@H](COC(=O)CCCCCCCCCCCC)OC(=O)CCCCCCCCCCC(C)CC. The highest BCUT2D eigenvalue weighted by Crippen LogP contribution is 2.45. The Balaban J connectivity index is 5.22. The Labute approximate surface area is 613 Å². The molecule has 3 unspecified atom stereocenters. The maximum atomic E-state index is 13.1. The highest BCUT2D eigenvalue weighted by molar-refractivity contribution is 7.47. The fraction of sp³-hybridized carbons (Fsp3) is 0.951. The zero-order valence-electron chi connectivity index (χ0n) is 65.3. The Morgan fingerprint density at radius 3 is 0.710 bits per heavy atom. The smallest absolute Gasteiger partial charge is 0.462 e. The second kappa shape index (κ2) is 73.9. The molecule has 0 bridgehead atoms. The number of aliphatic hydroxyl groups excluding tert-OH is 1. The molecule has 0 aliphatic rings. The third kappa shape index (κ3) is 73.0. The van der Waals surface area contributed by atoms with Gasteiger partial charge in [-0.15, -0.1) is 0 Å². The second-order valence-electron chi connectivity index (χ2n) is 29.4. The zero-order valence-corrected chi connectivity index (χ0v) is 67.1. The number of hydrogen-bond donors (Lipinski definition) is 3. The monoisotopic (exact) mass is 1470 g/mol. The summed E-state index contributed by atoms with van der Waals surface area (Å²) in [6.45, 7) is 7.31. The largest absolute Gasteiger partial charge is 0.472 e. The molecule has 0 saturated carbocycles. The minimum atomic E-state index is -4.96. The average Bonchev–Trinajstić information content (AvgIpc) is 0.982. The highest BCUT2D eigenvalue weighted by Gasteiger charge is 2.30. The fourth-order valence-corrected chi connectivity index (χ4v) is 14.1. The van der Waals surface area contributed by atoms with E-state index in [1.807, 2.05) is 0 Å². The van der Waals surface area contributed by atoms with E-state index in [1.54, 1.807) is 0 Å². The minimum Gasteiger partial charge on any atom is -0.462 e. The quantitative estimate of drug-likeness (QED) is 0.0222. The van der Waals surface area contributed by atoms with Gasteiger partial charge in [0.15, 0.2) is 12.2 Å². The van der Waals surface area contributed by atoms with E-state index in [2.05, 4.69) is 34.6 Å². The van der Waals surface area contributed by atoms with E-state index in [1.165, 1.54) is 257 Å². The Kier molecular flexibility index (Phi) is 72.5. The van der Waals surface area contributed by atoms with Crippen LogP contribution < -0.4 is 0 Å². The molecule has 0 aromatic rings. The van der Waals surface area contributed by atoms with Gasteiger partial charge in [-0.1, -0.05) is 381 Å². The fourth-order valence-electron chi connectivity index (χ4n) is 12.6.